The fourth-order valence-electron chi connectivity index (χ4n) is 8.76. The van der Waals surface area contributed by atoms with E-state index in [2.05, 4.69) is 21.3 Å². The molecule has 8 atom stereocenters. The Morgan fingerprint density at radius 3 is 2.24 bits per heavy atom. The molecule has 18 nitrogen and oxygen atoms in total. The number of hydrogen-bond donors (Lipinski definition) is 5. The highest BCUT2D eigenvalue weighted by atomic mass is 35.5. The Morgan fingerprint density at radius 1 is 0.920 bits per heavy atom. The Balaban J connectivity index is 1.48. The monoisotopic (exact) mass is 1060 g/mol. The SMILES string of the molecule is COc1ccc(C[C@H]2NC(=O)/C=C/C[C@@H]([C@H](C)[C@H]3O[C@@H]3c3ccc(CCC(=O)[C@H](CCCNC(N)=O)NC(=O)[C@@H](CC(=O)CCCC(C)=O)C(C)C)cc3)OC(=O)[C@H](CC(C)C)OC(=O)C(C)(C)CNC2=O)cc1Cl. The maximum absolute atomic E-state index is 14.0. The summed E-state index contributed by atoms with van der Waals surface area (Å²) >= 11 is 6.38. The van der Waals surface area contributed by atoms with Crippen LogP contribution in [0.1, 0.15) is 136 Å². The number of halogens is 1. The number of ketones is 3. The van der Waals surface area contributed by atoms with Gasteiger partial charge in [0.15, 0.2) is 11.9 Å². The van der Waals surface area contributed by atoms with Crippen LogP contribution in [-0.2, 0) is 65.4 Å². The number of benzene rings is 2. The number of primary amides is 1. The third kappa shape index (κ3) is 20.2. The number of Topliss-reactive ketones (excluding diaryl/α,β-unsaturated/α-hetero) is 3. The van der Waals surface area contributed by atoms with Crippen LogP contribution in [0.25, 0.3) is 0 Å². The number of carbonyl (C=O) groups is 9. The second-order valence-corrected chi connectivity index (χ2v) is 21.6. The third-order valence-electron chi connectivity index (χ3n) is 13.5. The summed E-state index contributed by atoms with van der Waals surface area (Å²) in [4.78, 5) is 118. The van der Waals surface area contributed by atoms with E-state index in [-0.39, 0.29) is 99.7 Å². The summed E-state index contributed by atoms with van der Waals surface area (Å²) in [6.07, 6.45) is 2.25. The van der Waals surface area contributed by atoms with E-state index in [4.69, 9.17) is 36.3 Å². The first-order chi connectivity index (χ1) is 35.4. The molecular weight excluding hydrogens is 986 g/mol. The normalized spacial score (nSPS) is 21.8. The second kappa shape index (κ2) is 29.2. The van der Waals surface area contributed by atoms with E-state index in [9.17, 15) is 43.2 Å². The predicted molar refractivity (Wildman–Crippen MR) is 281 cm³/mol. The van der Waals surface area contributed by atoms with E-state index in [1.807, 2.05) is 58.9 Å². The first-order valence-corrected chi connectivity index (χ1v) is 26.4. The van der Waals surface area contributed by atoms with E-state index < -0.39 is 83.3 Å². The molecule has 412 valence electrons. The topological polar surface area (TPSA) is 268 Å². The van der Waals surface area contributed by atoms with Gasteiger partial charge in [-0.25, -0.2) is 9.59 Å². The Labute approximate surface area is 446 Å². The summed E-state index contributed by atoms with van der Waals surface area (Å²) in [5.41, 5.74) is 6.30. The van der Waals surface area contributed by atoms with Gasteiger partial charge in [0.05, 0.1) is 29.7 Å². The lowest BCUT2D eigenvalue weighted by molar-refractivity contribution is -0.179. The van der Waals surface area contributed by atoms with Crippen LogP contribution in [0.4, 0.5) is 4.79 Å². The molecular formula is C56H78ClN5O13. The van der Waals surface area contributed by atoms with Crippen molar-refractivity contribution in [3.05, 3.63) is 76.3 Å². The largest absolute Gasteiger partial charge is 0.495 e. The van der Waals surface area contributed by atoms with Gasteiger partial charge >= 0.3 is 18.0 Å². The van der Waals surface area contributed by atoms with Gasteiger partial charge in [-0.1, -0.05) is 82.6 Å². The summed E-state index contributed by atoms with van der Waals surface area (Å²) < 4.78 is 23.5. The van der Waals surface area contributed by atoms with Gasteiger partial charge < -0.3 is 50.7 Å². The summed E-state index contributed by atoms with van der Waals surface area (Å²) in [5, 5.41) is 11.3. The Kier molecular flexibility index (Phi) is 23.9. The number of hydrogen-bond acceptors (Lipinski definition) is 13. The van der Waals surface area contributed by atoms with Crippen LogP contribution >= 0.6 is 11.6 Å². The lowest BCUT2D eigenvalue weighted by Gasteiger charge is -2.29. The molecule has 0 spiro atoms. The highest BCUT2D eigenvalue weighted by molar-refractivity contribution is 6.32. The zero-order chi connectivity index (χ0) is 55.6. The molecule has 0 aliphatic carbocycles. The predicted octanol–water partition coefficient (Wildman–Crippen LogP) is 6.55. The van der Waals surface area contributed by atoms with Crippen molar-refractivity contribution >= 4 is 64.6 Å². The van der Waals surface area contributed by atoms with Crippen LogP contribution in [0.3, 0.4) is 0 Å². The molecule has 4 rings (SSSR count). The number of aryl methyl sites for hydroxylation is 1. The lowest BCUT2D eigenvalue weighted by atomic mass is 9.88. The van der Waals surface area contributed by atoms with Crippen LogP contribution < -0.4 is 31.7 Å². The second-order valence-electron chi connectivity index (χ2n) is 21.2. The molecule has 0 aromatic heterocycles. The first-order valence-electron chi connectivity index (χ1n) is 26.0. The maximum Gasteiger partial charge on any atom is 0.347 e. The van der Waals surface area contributed by atoms with Crippen molar-refractivity contribution in [2.45, 2.75) is 163 Å². The van der Waals surface area contributed by atoms with E-state index in [0.29, 0.717) is 35.6 Å². The molecule has 0 radical (unpaired) electrons. The molecule has 2 aliphatic heterocycles. The number of carbonyl (C=O) groups excluding carboxylic acids is 9. The van der Waals surface area contributed by atoms with Gasteiger partial charge in [0, 0.05) is 63.5 Å². The van der Waals surface area contributed by atoms with Gasteiger partial charge in [0.25, 0.3) is 0 Å². The van der Waals surface area contributed by atoms with Crippen molar-refractivity contribution in [2.24, 2.45) is 34.8 Å². The molecule has 1 saturated heterocycles. The van der Waals surface area contributed by atoms with Crippen LogP contribution in [0.2, 0.25) is 5.02 Å². The summed E-state index contributed by atoms with van der Waals surface area (Å²) in [5.74, 6) is -4.24. The molecule has 0 saturated carbocycles. The van der Waals surface area contributed by atoms with E-state index in [0.717, 1.165) is 11.1 Å². The molecule has 2 aromatic carbocycles. The Hall–Kier alpha value is -6.14. The maximum atomic E-state index is 14.0. The first kappa shape index (κ1) is 61.4. The number of amides is 5. The van der Waals surface area contributed by atoms with Gasteiger partial charge in [-0.05, 0) is 99.6 Å². The number of epoxide rings is 1. The molecule has 1 fully saturated rings. The van der Waals surface area contributed by atoms with Crippen molar-refractivity contribution < 1.29 is 62.1 Å². The highest BCUT2D eigenvalue weighted by Gasteiger charge is 2.48. The Morgan fingerprint density at radius 2 is 1.61 bits per heavy atom. The minimum Gasteiger partial charge on any atom is -0.495 e. The molecule has 2 aromatic rings. The van der Waals surface area contributed by atoms with Crippen molar-refractivity contribution in [3.63, 3.8) is 0 Å². The van der Waals surface area contributed by atoms with Gasteiger partial charge in [-0.15, -0.1) is 0 Å². The zero-order valence-electron chi connectivity index (χ0n) is 44.9. The lowest BCUT2D eigenvalue weighted by Crippen LogP contribution is -2.51. The number of ether oxygens (including phenoxy) is 4. The van der Waals surface area contributed by atoms with E-state index in [1.165, 1.54) is 20.1 Å². The molecule has 6 N–H and O–H groups in total. The van der Waals surface area contributed by atoms with Crippen LogP contribution in [0, 0.1) is 29.1 Å². The number of nitrogens with two attached hydrogens (primary N) is 1. The van der Waals surface area contributed by atoms with Crippen molar-refractivity contribution in [1.29, 1.82) is 0 Å². The average molecular weight is 1060 g/mol. The van der Waals surface area contributed by atoms with Gasteiger partial charge in [0.1, 0.15) is 35.6 Å². The van der Waals surface area contributed by atoms with Crippen LogP contribution in [-0.4, -0.2) is 104 Å². The fourth-order valence-corrected chi connectivity index (χ4v) is 9.04. The van der Waals surface area contributed by atoms with Crippen molar-refractivity contribution in [3.8, 4) is 5.75 Å². The van der Waals surface area contributed by atoms with E-state index in [1.54, 1.807) is 38.1 Å². The third-order valence-corrected chi connectivity index (χ3v) is 13.8. The number of methoxy groups -OCH3 is 1. The molecule has 2 heterocycles. The molecule has 19 heteroatoms. The van der Waals surface area contributed by atoms with Gasteiger partial charge in [0.2, 0.25) is 17.7 Å². The Bertz CT molecular complexity index is 2370. The molecule has 2 aliphatic rings. The molecule has 5 amide bonds. The summed E-state index contributed by atoms with van der Waals surface area (Å²) in [7, 11) is 1.49. The minimum atomic E-state index is -1.28. The smallest absolute Gasteiger partial charge is 0.347 e. The van der Waals surface area contributed by atoms with Gasteiger partial charge in [-0.3, -0.25) is 28.8 Å². The average Bonchev–Trinajstić information content (AvgIpc) is 4.15. The number of cyclic esters (lactones) is 2. The van der Waals surface area contributed by atoms with Crippen molar-refractivity contribution in [1.82, 2.24) is 21.3 Å². The van der Waals surface area contributed by atoms with E-state index >= 15 is 0 Å². The quantitative estimate of drug-likeness (QED) is 0.0402. The highest BCUT2D eigenvalue weighted by Crippen LogP contribution is 2.45. The number of esters is 2. The minimum absolute atomic E-state index is 0.00887. The number of urea groups is 1. The van der Waals surface area contributed by atoms with Crippen LogP contribution in [0.15, 0.2) is 54.6 Å². The molecule has 0 unspecified atom stereocenters. The summed E-state index contributed by atoms with van der Waals surface area (Å²) in [6.45, 7) is 14.0. The zero-order valence-corrected chi connectivity index (χ0v) is 45.7. The number of rotatable bonds is 25. The van der Waals surface area contributed by atoms with Crippen molar-refractivity contribution in [2.75, 3.05) is 20.2 Å². The van der Waals surface area contributed by atoms with Crippen LogP contribution in [0.5, 0.6) is 5.75 Å². The fraction of sp³-hybridized carbons (Fsp3) is 0.589. The number of nitrogens with one attached hydrogen (secondary N) is 4. The van der Waals surface area contributed by atoms with Gasteiger partial charge in [-0.2, -0.15) is 0 Å². The summed E-state index contributed by atoms with van der Waals surface area (Å²) in [6, 6.07) is 9.98. The standard InChI is InChI=1S/C56H78ClN5O13/c1-32(2)27-47-53(69)73-45(16-11-17-48(66)61-43(29-37-21-25-46(72-9)41(57)28-37)52(68)60-31-56(7,8)54(70)74-47)35(6)49-50(75-49)38-22-18-36(19-23-38)20-24-44(65)42(15-12-26-59-55(58)71)62-51(67)40(33(3)4)30-39(64)14-10-13-34(5)63/h11,17-19,21-23,25,28,32-33,35,40,42-43,45,47,49-50H,10,12-16,20,24,26-27,29-31H2,1-9H3,(H,60,68)(H,61,66)(H,62,67)(H3,58,59,71)/b17-11+/t35-,40-,42-,43+,45-,47-,49+,50+/m0/s1. The molecule has 0 bridgehead atoms. The molecule has 75 heavy (non-hydrogen) atoms.